The van der Waals surface area contributed by atoms with Crippen LogP contribution in [-0.4, -0.2) is 11.9 Å². The van der Waals surface area contributed by atoms with Crippen molar-refractivity contribution in [2.75, 3.05) is 11.1 Å². The smallest absolute Gasteiger partial charge is 0.241 e. The summed E-state index contributed by atoms with van der Waals surface area (Å²) in [6.07, 6.45) is 0.405. The lowest BCUT2D eigenvalue weighted by atomic mass is 10.1. The highest BCUT2D eigenvalue weighted by molar-refractivity contribution is 5.97. The summed E-state index contributed by atoms with van der Waals surface area (Å²) in [4.78, 5) is 12.0. The molecule has 0 heterocycles. The van der Waals surface area contributed by atoms with Gasteiger partial charge in [-0.3, -0.25) is 4.79 Å². The van der Waals surface area contributed by atoms with E-state index in [4.69, 9.17) is 11.5 Å². The first-order valence-electron chi connectivity index (χ1n) is 6.21. The van der Waals surface area contributed by atoms with Crippen molar-refractivity contribution in [2.24, 2.45) is 5.73 Å². The number of amides is 1. The zero-order valence-corrected chi connectivity index (χ0v) is 10.8. The van der Waals surface area contributed by atoms with Gasteiger partial charge >= 0.3 is 0 Å². The highest BCUT2D eigenvalue weighted by atomic mass is 19.1. The third-order valence-electron chi connectivity index (χ3n) is 2.91. The number of nitrogens with one attached hydrogen (secondary N) is 1. The van der Waals surface area contributed by atoms with E-state index in [1.165, 1.54) is 18.2 Å². The number of benzene rings is 2. The topological polar surface area (TPSA) is 81.1 Å². The summed E-state index contributed by atoms with van der Waals surface area (Å²) in [6, 6.07) is 12.5. The zero-order chi connectivity index (χ0) is 14.5. The molecular formula is C15H16FN3O. The van der Waals surface area contributed by atoms with E-state index in [2.05, 4.69) is 5.32 Å². The first-order valence-corrected chi connectivity index (χ1v) is 6.21. The SMILES string of the molecule is Nc1ccc(F)cc1NC(=O)C(N)Cc1ccccc1. The number of hydrogen-bond acceptors (Lipinski definition) is 3. The average molecular weight is 273 g/mol. The number of anilines is 2. The Bertz CT molecular complexity index is 601. The zero-order valence-electron chi connectivity index (χ0n) is 10.8. The second-order valence-corrected chi connectivity index (χ2v) is 4.52. The first-order chi connectivity index (χ1) is 9.56. The van der Waals surface area contributed by atoms with Crippen molar-refractivity contribution in [3.05, 3.63) is 59.9 Å². The predicted octanol–water partition coefficient (Wildman–Crippen LogP) is 1.92. The molecule has 0 aromatic heterocycles. The maximum Gasteiger partial charge on any atom is 0.241 e. The molecule has 0 aliphatic carbocycles. The van der Waals surface area contributed by atoms with Crippen LogP contribution in [0.25, 0.3) is 0 Å². The van der Waals surface area contributed by atoms with Crippen LogP contribution in [0.15, 0.2) is 48.5 Å². The molecule has 2 aromatic rings. The van der Waals surface area contributed by atoms with Crippen molar-refractivity contribution in [1.82, 2.24) is 0 Å². The molecule has 0 spiro atoms. The van der Waals surface area contributed by atoms with Crippen molar-refractivity contribution in [1.29, 1.82) is 0 Å². The molecule has 1 amide bonds. The minimum absolute atomic E-state index is 0.235. The fraction of sp³-hybridized carbons (Fsp3) is 0.133. The number of rotatable bonds is 4. The highest BCUT2D eigenvalue weighted by Gasteiger charge is 2.15. The summed E-state index contributed by atoms with van der Waals surface area (Å²) < 4.78 is 13.1. The number of nitrogen functional groups attached to an aromatic ring is 1. The van der Waals surface area contributed by atoms with Crippen LogP contribution in [0.4, 0.5) is 15.8 Å². The normalized spacial score (nSPS) is 11.9. The minimum Gasteiger partial charge on any atom is -0.397 e. The van der Waals surface area contributed by atoms with Gasteiger partial charge < -0.3 is 16.8 Å². The van der Waals surface area contributed by atoms with E-state index in [9.17, 15) is 9.18 Å². The van der Waals surface area contributed by atoms with Gasteiger partial charge in [-0.1, -0.05) is 30.3 Å². The number of nitrogens with two attached hydrogens (primary N) is 2. The largest absolute Gasteiger partial charge is 0.397 e. The quantitative estimate of drug-likeness (QED) is 0.744. The molecule has 5 N–H and O–H groups in total. The van der Waals surface area contributed by atoms with Crippen molar-refractivity contribution < 1.29 is 9.18 Å². The molecule has 20 heavy (non-hydrogen) atoms. The Balaban J connectivity index is 2.02. The Hall–Kier alpha value is -2.40. The summed E-state index contributed by atoms with van der Waals surface area (Å²) in [6.45, 7) is 0. The van der Waals surface area contributed by atoms with Gasteiger partial charge in [-0.15, -0.1) is 0 Å². The molecule has 0 saturated heterocycles. The molecule has 0 aliphatic rings. The van der Waals surface area contributed by atoms with Crippen LogP contribution in [-0.2, 0) is 11.2 Å². The van der Waals surface area contributed by atoms with E-state index in [1.807, 2.05) is 30.3 Å². The maximum absolute atomic E-state index is 13.1. The Morgan fingerprint density at radius 3 is 2.60 bits per heavy atom. The summed E-state index contributed by atoms with van der Waals surface area (Å²) in [5, 5.41) is 2.54. The first kappa shape index (κ1) is 14.0. The van der Waals surface area contributed by atoms with Crippen molar-refractivity contribution >= 4 is 17.3 Å². The standard InChI is InChI=1S/C15H16FN3O/c16-11-6-7-12(17)14(9-11)19-15(20)13(18)8-10-4-2-1-3-5-10/h1-7,9,13H,8,17-18H2,(H,19,20). The molecule has 0 radical (unpaired) electrons. The Morgan fingerprint density at radius 1 is 1.20 bits per heavy atom. The monoisotopic (exact) mass is 273 g/mol. The van der Waals surface area contributed by atoms with Crippen LogP contribution < -0.4 is 16.8 Å². The van der Waals surface area contributed by atoms with Crippen molar-refractivity contribution in [3.8, 4) is 0 Å². The number of halogens is 1. The van der Waals surface area contributed by atoms with Gasteiger partial charge in [0.1, 0.15) is 5.82 Å². The average Bonchev–Trinajstić information content (AvgIpc) is 2.44. The molecule has 1 unspecified atom stereocenters. The van der Waals surface area contributed by atoms with Gasteiger partial charge in [0.2, 0.25) is 5.91 Å². The van der Waals surface area contributed by atoms with Gasteiger partial charge in [-0.05, 0) is 30.2 Å². The third-order valence-corrected chi connectivity index (χ3v) is 2.91. The van der Waals surface area contributed by atoms with E-state index >= 15 is 0 Å². The minimum atomic E-state index is -0.722. The fourth-order valence-electron chi connectivity index (χ4n) is 1.82. The lowest BCUT2D eigenvalue weighted by molar-refractivity contribution is -0.117. The van der Waals surface area contributed by atoms with Crippen LogP contribution in [0.5, 0.6) is 0 Å². The van der Waals surface area contributed by atoms with Crippen LogP contribution in [0.3, 0.4) is 0 Å². The van der Waals surface area contributed by atoms with Crippen LogP contribution in [0, 0.1) is 5.82 Å². The molecule has 0 aliphatic heterocycles. The van der Waals surface area contributed by atoms with Crippen LogP contribution in [0.2, 0.25) is 0 Å². The van der Waals surface area contributed by atoms with E-state index in [1.54, 1.807) is 0 Å². The van der Waals surface area contributed by atoms with Gasteiger partial charge in [0.25, 0.3) is 0 Å². The number of carbonyl (C=O) groups excluding carboxylic acids is 1. The van der Waals surface area contributed by atoms with E-state index in [0.29, 0.717) is 12.1 Å². The molecule has 4 nitrogen and oxygen atoms in total. The van der Waals surface area contributed by atoms with E-state index < -0.39 is 17.8 Å². The Morgan fingerprint density at radius 2 is 1.90 bits per heavy atom. The molecule has 1 atom stereocenters. The molecule has 2 aromatic carbocycles. The van der Waals surface area contributed by atoms with Crippen molar-refractivity contribution in [2.45, 2.75) is 12.5 Å². The van der Waals surface area contributed by atoms with Gasteiger partial charge in [0.15, 0.2) is 0 Å². The fourth-order valence-corrected chi connectivity index (χ4v) is 1.82. The second-order valence-electron chi connectivity index (χ2n) is 4.52. The van der Waals surface area contributed by atoms with Gasteiger partial charge in [0.05, 0.1) is 17.4 Å². The molecule has 0 bridgehead atoms. The van der Waals surface area contributed by atoms with Crippen molar-refractivity contribution in [3.63, 3.8) is 0 Å². The van der Waals surface area contributed by atoms with Gasteiger partial charge in [0, 0.05) is 0 Å². The molecule has 2 rings (SSSR count). The van der Waals surface area contributed by atoms with Gasteiger partial charge in [-0.25, -0.2) is 4.39 Å². The highest BCUT2D eigenvalue weighted by Crippen LogP contribution is 2.19. The maximum atomic E-state index is 13.1. The number of carbonyl (C=O) groups is 1. The van der Waals surface area contributed by atoms with E-state index in [0.717, 1.165) is 5.56 Å². The summed E-state index contributed by atoms with van der Waals surface area (Å²) in [5.41, 5.74) is 13.0. The molecular weight excluding hydrogens is 257 g/mol. The summed E-state index contributed by atoms with van der Waals surface area (Å²) in [7, 11) is 0. The molecule has 0 fully saturated rings. The number of hydrogen-bond donors (Lipinski definition) is 3. The molecule has 0 saturated carbocycles. The lowest BCUT2D eigenvalue weighted by Gasteiger charge is -2.13. The lowest BCUT2D eigenvalue weighted by Crippen LogP contribution is -2.37. The Kier molecular flexibility index (Phi) is 4.32. The third kappa shape index (κ3) is 3.55. The summed E-state index contributed by atoms with van der Waals surface area (Å²) in [5.74, 6) is -0.864. The molecule has 5 heteroatoms. The second kappa shape index (κ2) is 6.16. The molecule has 104 valence electrons. The summed E-state index contributed by atoms with van der Waals surface area (Å²) >= 11 is 0. The predicted molar refractivity (Wildman–Crippen MR) is 77.6 cm³/mol. The Labute approximate surface area is 116 Å². The van der Waals surface area contributed by atoms with Crippen LogP contribution in [0.1, 0.15) is 5.56 Å². The van der Waals surface area contributed by atoms with Gasteiger partial charge in [-0.2, -0.15) is 0 Å². The van der Waals surface area contributed by atoms with E-state index in [-0.39, 0.29) is 5.69 Å². The van der Waals surface area contributed by atoms with Crippen LogP contribution >= 0.6 is 0 Å².